The predicted octanol–water partition coefficient (Wildman–Crippen LogP) is 3.52. The van der Waals surface area contributed by atoms with Gasteiger partial charge in [0.1, 0.15) is 0 Å². The smallest absolute Gasteiger partial charge is 0.225 e. The van der Waals surface area contributed by atoms with Crippen molar-refractivity contribution in [2.75, 3.05) is 18.4 Å². The molecule has 0 aromatic heterocycles. The maximum Gasteiger partial charge on any atom is 0.225 e. The highest BCUT2D eigenvalue weighted by Gasteiger charge is 2.05. The standard InChI is InChI=1S/C18H20F2N2O/c19-16-9-8-15(13-17(16)20)22-18(23)10-12-21-11-4-7-14-5-2-1-3-6-14/h1-3,5-6,8-9,13,21H,4,7,10-12H2,(H,22,23). The Hall–Kier alpha value is -2.27. The maximum absolute atomic E-state index is 13.0. The molecule has 5 heteroatoms. The molecule has 0 fully saturated rings. The summed E-state index contributed by atoms with van der Waals surface area (Å²) in [6.07, 6.45) is 2.27. The molecule has 0 bridgehead atoms. The average molecular weight is 318 g/mol. The van der Waals surface area contributed by atoms with E-state index in [9.17, 15) is 13.6 Å². The lowest BCUT2D eigenvalue weighted by Gasteiger charge is -2.07. The quantitative estimate of drug-likeness (QED) is 0.731. The van der Waals surface area contributed by atoms with Gasteiger partial charge >= 0.3 is 0 Å². The van der Waals surface area contributed by atoms with Gasteiger partial charge in [0.05, 0.1) is 0 Å². The number of hydrogen-bond acceptors (Lipinski definition) is 2. The highest BCUT2D eigenvalue weighted by molar-refractivity contribution is 5.90. The molecule has 2 aromatic carbocycles. The summed E-state index contributed by atoms with van der Waals surface area (Å²) in [4.78, 5) is 11.7. The van der Waals surface area contributed by atoms with E-state index in [-0.39, 0.29) is 18.0 Å². The van der Waals surface area contributed by atoms with E-state index >= 15 is 0 Å². The van der Waals surface area contributed by atoms with E-state index in [0.29, 0.717) is 6.54 Å². The van der Waals surface area contributed by atoms with Crippen molar-refractivity contribution >= 4 is 11.6 Å². The molecule has 2 aromatic rings. The number of aryl methyl sites for hydroxylation is 1. The van der Waals surface area contributed by atoms with E-state index in [4.69, 9.17) is 0 Å². The molecule has 0 aliphatic heterocycles. The van der Waals surface area contributed by atoms with E-state index < -0.39 is 11.6 Å². The third-order valence-electron chi connectivity index (χ3n) is 3.39. The summed E-state index contributed by atoms with van der Waals surface area (Å²) >= 11 is 0. The Labute approximate surface area is 134 Å². The summed E-state index contributed by atoms with van der Waals surface area (Å²) in [5.74, 6) is -2.13. The zero-order valence-corrected chi connectivity index (χ0v) is 12.8. The van der Waals surface area contributed by atoms with Crippen LogP contribution in [-0.2, 0) is 11.2 Å². The number of nitrogens with one attached hydrogen (secondary N) is 2. The first kappa shape index (κ1) is 17.1. The summed E-state index contributed by atoms with van der Waals surface area (Å²) in [5.41, 5.74) is 1.56. The molecule has 2 N–H and O–H groups in total. The minimum Gasteiger partial charge on any atom is -0.326 e. The first-order chi connectivity index (χ1) is 11.1. The van der Waals surface area contributed by atoms with Crippen molar-refractivity contribution in [3.63, 3.8) is 0 Å². The topological polar surface area (TPSA) is 41.1 Å². The van der Waals surface area contributed by atoms with Crippen LogP contribution in [0.5, 0.6) is 0 Å². The molecular formula is C18H20F2N2O. The molecule has 0 radical (unpaired) electrons. The Kier molecular flexibility index (Phi) is 6.69. The summed E-state index contributed by atoms with van der Waals surface area (Å²) < 4.78 is 25.8. The second-order valence-electron chi connectivity index (χ2n) is 5.27. The molecule has 0 aliphatic rings. The van der Waals surface area contributed by atoms with E-state index in [2.05, 4.69) is 22.8 Å². The van der Waals surface area contributed by atoms with Gasteiger partial charge in [-0.1, -0.05) is 30.3 Å². The summed E-state index contributed by atoms with van der Waals surface area (Å²) in [6.45, 7) is 1.37. The minimum absolute atomic E-state index is 0.230. The van der Waals surface area contributed by atoms with Crippen molar-refractivity contribution in [1.29, 1.82) is 0 Å². The molecule has 0 aliphatic carbocycles. The zero-order valence-electron chi connectivity index (χ0n) is 12.8. The number of halogens is 2. The number of anilines is 1. The zero-order chi connectivity index (χ0) is 16.5. The van der Waals surface area contributed by atoms with Gasteiger partial charge in [-0.05, 0) is 37.1 Å². The number of hydrogen-bond donors (Lipinski definition) is 2. The fourth-order valence-electron chi connectivity index (χ4n) is 2.19. The fraction of sp³-hybridized carbons (Fsp3) is 0.278. The second kappa shape index (κ2) is 9.00. The first-order valence-electron chi connectivity index (χ1n) is 7.65. The lowest BCUT2D eigenvalue weighted by Crippen LogP contribution is -2.23. The van der Waals surface area contributed by atoms with Crippen molar-refractivity contribution in [2.45, 2.75) is 19.3 Å². The van der Waals surface area contributed by atoms with E-state index in [0.717, 1.165) is 31.5 Å². The minimum atomic E-state index is -0.971. The lowest BCUT2D eigenvalue weighted by molar-refractivity contribution is -0.116. The second-order valence-corrected chi connectivity index (χ2v) is 5.27. The molecule has 3 nitrogen and oxygen atoms in total. The molecular weight excluding hydrogens is 298 g/mol. The summed E-state index contributed by atoms with van der Waals surface area (Å²) in [5, 5.41) is 5.74. The van der Waals surface area contributed by atoms with Crippen LogP contribution >= 0.6 is 0 Å². The van der Waals surface area contributed by atoms with Crippen molar-refractivity contribution in [1.82, 2.24) is 5.32 Å². The molecule has 0 unspecified atom stereocenters. The fourth-order valence-corrected chi connectivity index (χ4v) is 2.19. The van der Waals surface area contributed by atoms with Crippen LogP contribution in [-0.4, -0.2) is 19.0 Å². The lowest BCUT2D eigenvalue weighted by atomic mass is 10.1. The number of benzene rings is 2. The van der Waals surface area contributed by atoms with Crippen LogP contribution in [0.2, 0.25) is 0 Å². The molecule has 2 rings (SSSR count). The number of carbonyl (C=O) groups excluding carboxylic acids is 1. The van der Waals surface area contributed by atoms with Crippen molar-refractivity contribution in [2.24, 2.45) is 0 Å². The Morgan fingerprint density at radius 3 is 2.48 bits per heavy atom. The third kappa shape index (κ3) is 6.16. The van der Waals surface area contributed by atoms with Crippen LogP contribution < -0.4 is 10.6 Å². The average Bonchev–Trinajstić information content (AvgIpc) is 2.55. The van der Waals surface area contributed by atoms with Crippen LogP contribution in [0.1, 0.15) is 18.4 Å². The molecule has 0 saturated heterocycles. The molecule has 0 saturated carbocycles. The molecule has 0 atom stereocenters. The van der Waals surface area contributed by atoms with Gasteiger partial charge in [-0.25, -0.2) is 8.78 Å². The summed E-state index contributed by atoms with van der Waals surface area (Å²) in [6, 6.07) is 13.5. The first-order valence-corrected chi connectivity index (χ1v) is 7.65. The Morgan fingerprint density at radius 2 is 1.74 bits per heavy atom. The maximum atomic E-state index is 13.0. The number of amides is 1. The van der Waals surface area contributed by atoms with Gasteiger partial charge in [0.25, 0.3) is 0 Å². The van der Waals surface area contributed by atoms with Gasteiger partial charge in [0.15, 0.2) is 11.6 Å². The Bertz CT molecular complexity index is 632. The van der Waals surface area contributed by atoms with Crippen LogP contribution in [0.4, 0.5) is 14.5 Å². The van der Waals surface area contributed by atoms with Crippen LogP contribution in [0.15, 0.2) is 48.5 Å². The van der Waals surface area contributed by atoms with Gasteiger partial charge in [-0.3, -0.25) is 4.79 Å². The number of carbonyl (C=O) groups is 1. The van der Waals surface area contributed by atoms with Gasteiger partial charge < -0.3 is 10.6 Å². The Morgan fingerprint density at radius 1 is 0.957 bits per heavy atom. The highest BCUT2D eigenvalue weighted by atomic mass is 19.2. The molecule has 0 spiro atoms. The summed E-state index contributed by atoms with van der Waals surface area (Å²) in [7, 11) is 0. The number of rotatable bonds is 8. The largest absolute Gasteiger partial charge is 0.326 e. The van der Waals surface area contributed by atoms with Crippen LogP contribution in [0, 0.1) is 11.6 Å². The SMILES string of the molecule is O=C(CCNCCCc1ccccc1)Nc1ccc(F)c(F)c1. The highest BCUT2D eigenvalue weighted by Crippen LogP contribution is 2.13. The normalized spacial score (nSPS) is 10.5. The molecule has 23 heavy (non-hydrogen) atoms. The van der Waals surface area contributed by atoms with Crippen molar-refractivity contribution in [3.8, 4) is 0 Å². The van der Waals surface area contributed by atoms with E-state index in [1.165, 1.54) is 11.6 Å². The van der Waals surface area contributed by atoms with E-state index in [1.807, 2.05) is 18.2 Å². The monoisotopic (exact) mass is 318 g/mol. The van der Waals surface area contributed by atoms with Gasteiger partial charge in [0.2, 0.25) is 5.91 Å². The van der Waals surface area contributed by atoms with Crippen molar-refractivity contribution in [3.05, 3.63) is 65.7 Å². The van der Waals surface area contributed by atoms with Gasteiger partial charge in [-0.15, -0.1) is 0 Å². The van der Waals surface area contributed by atoms with E-state index in [1.54, 1.807) is 0 Å². The van der Waals surface area contributed by atoms with Gasteiger partial charge in [-0.2, -0.15) is 0 Å². The predicted molar refractivity (Wildman–Crippen MR) is 87.2 cm³/mol. The molecule has 1 amide bonds. The molecule has 122 valence electrons. The Balaban J connectivity index is 1.58. The van der Waals surface area contributed by atoms with Crippen molar-refractivity contribution < 1.29 is 13.6 Å². The molecule has 0 heterocycles. The third-order valence-corrected chi connectivity index (χ3v) is 3.39. The van der Waals surface area contributed by atoms with Gasteiger partial charge in [0, 0.05) is 24.7 Å². The van der Waals surface area contributed by atoms with Crippen LogP contribution in [0.25, 0.3) is 0 Å². The van der Waals surface area contributed by atoms with Crippen LogP contribution in [0.3, 0.4) is 0 Å².